The van der Waals surface area contributed by atoms with Crippen molar-refractivity contribution in [2.75, 3.05) is 19.6 Å². The van der Waals surface area contributed by atoms with Crippen molar-refractivity contribution in [3.8, 4) is 0 Å². The first-order chi connectivity index (χ1) is 7.29. The van der Waals surface area contributed by atoms with Crippen molar-refractivity contribution in [1.82, 2.24) is 10.6 Å². The molecule has 0 amide bonds. The molecule has 0 spiro atoms. The van der Waals surface area contributed by atoms with E-state index in [1.54, 1.807) is 0 Å². The van der Waals surface area contributed by atoms with E-state index in [2.05, 4.69) is 17.6 Å². The molecule has 1 unspecified atom stereocenters. The molecule has 0 radical (unpaired) electrons. The van der Waals surface area contributed by atoms with Gasteiger partial charge in [-0.05, 0) is 37.6 Å². The van der Waals surface area contributed by atoms with Crippen LogP contribution in [-0.2, 0) is 0 Å². The van der Waals surface area contributed by atoms with E-state index in [0.717, 1.165) is 6.04 Å². The van der Waals surface area contributed by atoms with Crippen LogP contribution in [0.4, 0.5) is 0 Å². The summed E-state index contributed by atoms with van der Waals surface area (Å²) in [6.45, 7) is 6.10. The molecule has 2 heteroatoms. The van der Waals surface area contributed by atoms with Gasteiger partial charge in [0.25, 0.3) is 0 Å². The number of rotatable bonds is 3. The first kappa shape index (κ1) is 11.4. The molecule has 1 aliphatic carbocycles. The smallest absolute Gasteiger partial charge is 0.0193 e. The summed E-state index contributed by atoms with van der Waals surface area (Å²) in [5, 5.41) is 7.24. The van der Waals surface area contributed by atoms with Crippen LogP contribution in [0.15, 0.2) is 0 Å². The highest BCUT2D eigenvalue weighted by atomic mass is 15.0. The van der Waals surface area contributed by atoms with Gasteiger partial charge in [0.1, 0.15) is 0 Å². The Hall–Kier alpha value is -0.0800. The number of hydrogen-bond acceptors (Lipinski definition) is 2. The summed E-state index contributed by atoms with van der Waals surface area (Å²) in [5.41, 5.74) is 0.593. The Morgan fingerprint density at radius 3 is 2.67 bits per heavy atom. The molecule has 2 fully saturated rings. The van der Waals surface area contributed by atoms with Crippen molar-refractivity contribution in [2.24, 2.45) is 5.41 Å². The minimum Gasteiger partial charge on any atom is -0.315 e. The lowest BCUT2D eigenvalue weighted by atomic mass is 9.75. The molecule has 2 rings (SSSR count). The lowest BCUT2D eigenvalue weighted by Gasteiger charge is -2.36. The van der Waals surface area contributed by atoms with E-state index in [1.807, 2.05) is 0 Å². The molecule has 0 aromatic carbocycles. The molecule has 88 valence electrons. The highest BCUT2D eigenvalue weighted by Crippen LogP contribution is 2.35. The van der Waals surface area contributed by atoms with Gasteiger partial charge in [-0.2, -0.15) is 0 Å². The molecule has 15 heavy (non-hydrogen) atoms. The number of piperidine rings is 1. The van der Waals surface area contributed by atoms with Gasteiger partial charge in [0.15, 0.2) is 0 Å². The average molecular weight is 210 g/mol. The predicted molar refractivity (Wildman–Crippen MR) is 65.1 cm³/mol. The van der Waals surface area contributed by atoms with E-state index in [0.29, 0.717) is 5.41 Å². The Morgan fingerprint density at radius 2 is 2.00 bits per heavy atom. The fraction of sp³-hybridized carbons (Fsp3) is 1.00. The second-order valence-corrected chi connectivity index (χ2v) is 5.80. The van der Waals surface area contributed by atoms with Crippen molar-refractivity contribution in [1.29, 1.82) is 0 Å². The van der Waals surface area contributed by atoms with Crippen molar-refractivity contribution in [2.45, 2.75) is 57.9 Å². The quantitative estimate of drug-likeness (QED) is 0.747. The largest absolute Gasteiger partial charge is 0.315 e. The normalized spacial score (nSPS) is 31.4. The number of hydrogen-bond donors (Lipinski definition) is 2. The van der Waals surface area contributed by atoms with Crippen molar-refractivity contribution < 1.29 is 0 Å². The Balaban J connectivity index is 1.70. The zero-order valence-corrected chi connectivity index (χ0v) is 10.1. The van der Waals surface area contributed by atoms with Gasteiger partial charge in [0.05, 0.1) is 0 Å². The van der Waals surface area contributed by atoms with Gasteiger partial charge in [-0.25, -0.2) is 0 Å². The third kappa shape index (κ3) is 3.46. The minimum absolute atomic E-state index is 0.593. The van der Waals surface area contributed by atoms with Crippen LogP contribution in [0.5, 0.6) is 0 Å². The van der Waals surface area contributed by atoms with E-state index < -0.39 is 0 Å². The lowest BCUT2D eigenvalue weighted by Crippen LogP contribution is -2.46. The third-order valence-electron chi connectivity index (χ3n) is 4.18. The van der Waals surface area contributed by atoms with Gasteiger partial charge < -0.3 is 10.6 Å². The first-order valence-electron chi connectivity index (χ1n) is 6.73. The highest BCUT2D eigenvalue weighted by Gasteiger charge is 2.27. The van der Waals surface area contributed by atoms with E-state index in [9.17, 15) is 0 Å². The van der Waals surface area contributed by atoms with Gasteiger partial charge >= 0.3 is 0 Å². The van der Waals surface area contributed by atoms with Gasteiger partial charge in [-0.1, -0.05) is 26.2 Å². The SMILES string of the molecule is CC1(CNC2CCCNC2)CCCCC1. The maximum atomic E-state index is 3.77. The van der Waals surface area contributed by atoms with Crippen LogP contribution in [0.3, 0.4) is 0 Å². The molecule has 2 nitrogen and oxygen atoms in total. The molecule has 0 bridgehead atoms. The second-order valence-electron chi connectivity index (χ2n) is 5.80. The first-order valence-corrected chi connectivity index (χ1v) is 6.73. The Labute approximate surface area is 94.2 Å². The van der Waals surface area contributed by atoms with Gasteiger partial charge in [-0.3, -0.25) is 0 Å². The fourth-order valence-electron chi connectivity index (χ4n) is 3.00. The Bertz CT molecular complexity index is 179. The topological polar surface area (TPSA) is 24.1 Å². The van der Waals surface area contributed by atoms with E-state index in [-0.39, 0.29) is 0 Å². The molecule has 1 atom stereocenters. The van der Waals surface area contributed by atoms with Crippen LogP contribution >= 0.6 is 0 Å². The van der Waals surface area contributed by atoms with Crippen LogP contribution in [0.1, 0.15) is 51.9 Å². The fourth-order valence-corrected chi connectivity index (χ4v) is 3.00. The molecule has 1 saturated carbocycles. The van der Waals surface area contributed by atoms with E-state index in [1.165, 1.54) is 64.6 Å². The van der Waals surface area contributed by atoms with Gasteiger partial charge in [0.2, 0.25) is 0 Å². The third-order valence-corrected chi connectivity index (χ3v) is 4.18. The lowest BCUT2D eigenvalue weighted by molar-refractivity contribution is 0.195. The number of nitrogens with one attached hydrogen (secondary N) is 2. The molecule has 0 aromatic rings. The molecule has 2 N–H and O–H groups in total. The average Bonchev–Trinajstić information content (AvgIpc) is 2.29. The molecule has 1 saturated heterocycles. The van der Waals surface area contributed by atoms with E-state index in [4.69, 9.17) is 0 Å². The van der Waals surface area contributed by atoms with Crippen LogP contribution in [0.25, 0.3) is 0 Å². The molecule has 1 heterocycles. The summed E-state index contributed by atoms with van der Waals surface area (Å²) < 4.78 is 0. The summed E-state index contributed by atoms with van der Waals surface area (Å²) in [6, 6.07) is 0.734. The van der Waals surface area contributed by atoms with Gasteiger partial charge in [0, 0.05) is 19.1 Å². The zero-order chi connectivity index (χ0) is 10.6. The Morgan fingerprint density at radius 1 is 1.20 bits per heavy atom. The van der Waals surface area contributed by atoms with Crippen LogP contribution < -0.4 is 10.6 Å². The summed E-state index contributed by atoms with van der Waals surface area (Å²) in [6.07, 6.45) is 9.92. The molecule has 2 aliphatic rings. The summed E-state index contributed by atoms with van der Waals surface area (Å²) in [4.78, 5) is 0. The van der Waals surface area contributed by atoms with Crippen LogP contribution in [-0.4, -0.2) is 25.7 Å². The van der Waals surface area contributed by atoms with Crippen molar-refractivity contribution in [3.63, 3.8) is 0 Å². The molecular formula is C13H26N2. The molecular weight excluding hydrogens is 184 g/mol. The van der Waals surface area contributed by atoms with Crippen molar-refractivity contribution >= 4 is 0 Å². The molecule has 0 aromatic heterocycles. The minimum atomic E-state index is 0.593. The van der Waals surface area contributed by atoms with Crippen LogP contribution in [0, 0.1) is 5.41 Å². The standard InChI is InChI=1S/C13H26N2/c1-13(7-3-2-4-8-13)11-15-12-6-5-9-14-10-12/h12,14-15H,2-11H2,1H3. The summed E-state index contributed by atoms with van der Waals surface area (Å²) in [5.74, 6) is 0. The van der Waals surface area contributed by atoms with E-state index >= 15 is 0 Å². The summed E-state index contributed by atoms with van der Waals surface area (Å²) in [7, 11) is 0. The summed E-state index contributed by atoms with van der Waals surface area (Å²) >= 11 is 0. The maximum Gasteiger partial charge on any atom is 0.0193 e. The zero-order valence-electron chi connectivity index (χ0n) is 10.1. The Kier molecular flexibility index (Phi) is 4.04. The van der Waals surface area contributed by atoms with Crippen molar-refractivity contribution in [3.05, 3.63) is 0 Å². The molecule has 1 aliphatic heterocycles. The van der Waals surface area contributed by atoms with Crippen LogP contribution in [0.2, 0.25) is 0 Å². The second kappa shape index (κ2) is 5.31. The predicted octanol–water partition coefficient (Wildman–Crippen LogP) is 2.30. The monoisotopic (exact) mass is 210 g/mol. The van der Waals surface area contributed by atoms with Gasteiger partial charge in [-0.15, -0.1) is 0 Å². The maximum absolute atomic E-state index is 3.77. The highest BCUT2D eigenvalue weighted by molar-refractivity contribution is 4.84.